The highest BCUT2D eigenvalue weighted by molar-refractivity contribution is 9.10. The predicted molar refractivity (Wildman–Crippen MR) is 63.8 cm³/mol. The lowest BCUT2D eigenvalue weighted by molar-refractivity contribution is -0.137. The van der Waals surface area contributed by atoms with Gasteiger partial charge >= 0.3 is 5.97 Å². The van der Waals surface area contributed by atoms with Gasteiger partial charge in [-0.3, -0.25) is 9.59 Å². The molecule has 6 heteroatoms. The quantitative estimate of drug-likeness (QED) is 0.834. The van der Waals surface area contributed by atoms with Gasteiger partial charge in [-0.05, 0) is 24.3 Å². The monoisotopic (exact) mass is 301 g/mol. The van der Waals surface area contributed by atoms with Gasteiger partial charge in [0.25, 0.3) is 0 Å². The lowest BCUT2D eigenvalue weighted by Crippen LogP contribution is -2.27. The second kappa shape index (κ2) is 6.15. The summed E-state index contributed by atoms with van der Waals surface area (Å²) in [6.07, 6.45) is 2.35. The van der Waals surface area contributed by atoms with Crippen molar-refractivity contribution in [2.75, 3.05) is 6.54 Å². The zero-order valence-corrected chi connectivity index (χ0v) is 10.2. The number of nitrogens with one attached hydrogen (secondary N) is 1. The van der Waals surface area contributed by atoms with E-state index in [2.05, 4.69) is 21.2 Å². The van der Waals surface area contributed by atoms with Gasteiger partial charge in [0.15, 0.2) is 0 Å². The second-order valence-corrected chi connectivity index (χ2v) is 4.03. The molecule has 1 amide bonds. The Labute approximate surface area is 105 Å². The summed E-state index contributed by atoms with van der Waals surface area (Å²) in [6.45, 7) is -0.468. The number of rotatable bonds is 4. The molecule has 0 aliphatic heterocycles. The standard InChI is InChI=1S/C11H9BrFNO3/c12-8-2-3-9(13)7(5-8)1-4-10(15)14-6-11(16)17/h1-5H,6H2,(H,14,15)(H,16,17)/b4-1+. The lowest BCUT2D eigenvalue weighted by atomic mass is 10.2. The van der Waals surface area contributed by atoms with Crippen LogP contribution in [-0.4, -0.2) is 23.5 Å². The molecule has 0 radical (unpaired) electrons. The van der Waals surface area contributed by atoms with Crippen molar-refractivity contribution >= 4 is 33.9 Å². The molecule has 17 heavy (non-hydrogen) atoms. The Morgan fingerprint density at radius 2 is 2.18 bits per heavy atom. The molecule has 0 aliphatic rings. The van der Waals surface area contributed by atoms with E-state index < -0.39 is 24.2 Å². The molecule has 0 aliphatic carbocycles. The maximum atomic E-state index is 13.2. The van der Waals surface area contributed by atoms with Gasteiger partial charge in [0.05, 0.1) is 0 Å². The predicted octanol–water partition coefficient (Wildman–Crippen LogP) is 1.80. The van der Waals surface area contributed by atoms with E-state index >= 15 is 0 Å². The van der Waals surface area contributed by atoms with E-state index in [0.29, 0.717) is 4.47 Å². The third kappa shape index (κ3) is 4.78. The maximum absolute atomic E-state index is 13.2. The number of carbonyl (C=O) groups excluding carboxylic acids is 1. The molecule has 0 aromatic heterocycles. The summed E-state index contributed by atoms with van der Waals surface area (Å²) >= 11 is 3.17. The summed E-state index contributed by atoms with van der Waals surface area (Å²) in [6, 6.07) is 4.31. The van der Waals surface area contributed by atoms with Gasteiger partial charge in [0, 0.05) is 16.1 Å². The molecule has 0 saturated carbocycles. The van der Waals surface area contributed by atoms with E-state index in [9.17, 15) is 14.0 Å². The minimum Gasteiger partial charge on any atom is -0.480 e. The molecule has 1 rings (SSSR count). The van der Waals surface area contributed by atoms with Crippen molar-refractivity contribution in [2.45, 2.75) is 0 Å². The fraction of sp³-hybridized carbons (Fsp3) is 0.0909. The molecule has 0 bridgehead atoms. The average Bonchev–Trinajstić information content (AvgIpc) is 2.27. The van der Waals surface area contributed by atoms with E-state index in [1.54, 1.807) is 0 Å². The minimum atomic E-state index is -1.14. The fourth-order valence-corrected chi connectivity index (χ4v) is 1.41. The third-order valence-corrected chi connectivity index (χ3v) is 2.28. The van der Waals surface area contributed by atoms with Gasteiger partial charge in [0.1, 0.15) is 12.4 Å². The molecule has 0 atom stereocenters. The summed E-state index contributed by atoms with van der Waals surface area (Å²) in [5.74, 6) is -2.19. The molecule has 1 aromatic rings. The summed E-state index contributed by atoms with van der Waals surface area (Å²) in [4.78, 5) is 21.3. The Balaban J connectivity index is 2.67. The third-order valence-electron chi connectivity index (χ3n) is 1.79. The number of carboxylic acid groups (broad SMARTS) is 1. The SMILES string of the molecule is O=C(O)CNC(=O)/C=C/c1cc(Br)ccc1F. The largest absolute Gasteiger partial charge is 0.480 e. The molecule has 1 aromatic carbocycles. The Kier molecular flexibility index (Phi) is 4.84. The van der Waals surface area contributed by atoms with Crippen molar-refractivity contribution < 1.29 is 19.1 Å². The fourth-order valence-electron chi connectivity index (χ4n) is 1.03. The Hall–Kier alpha value is -1.69. The molecule has 0 heterocycles. The minimum absolute atomic E-state index is 0.241. The first-order chi connectivity index (χ1) is 7.99. The first kappa shape index (κ1) is 13.4. The number of halogens is 2. The molecule has 4 nitrogen and oxygen atoms in total. The van der Waals surface area contributed by atoms with Crippen molar-refractivity contribution in [3.63, 3.8) is 0 Å². The van der Waals surface area contributed by atoms with Crippen LogP contribution in [0.1, 0.15) is 5.56 Å². The molecule has 0 unspecified atom stereocenters. The smallest absolute Gasteiger partial charge is 0.322 e. The summed E-state index contributed by atoms with van der Waals surface area (Å²) in [5, 5.41) is 10.5. The van der Waals surface area contributed by atoms with Crippen LogP contribution in [0.5, 0.6) is 0 Å². The normalized spacial score (nSPS) is 10.5. The van der Waals surface area contributed by atoms with Crippen molar-refractivity contribution in [1.29, 1.82) is 0 Å². The molecule has 0 spiro atoms. The van der Waals surface area contributed by atoms with Crippen LogP contribution in [0.3, 0.4) is 0 Å². The molecule has 90 valence electrons. The number of carboxylic acids is 1. The molecular formula is C11H9BrFNO3. The van der Waals surface area contributed by atoms with Crippen LogP contribution in [0.2, 0.25) is 0 Å². The van der Waals surface area contributed by atoms with Gasteiger partial charge in [-0.15, -0.1) is 0 Å². The van der Waals surface area contributed by atoms with Crippen LogP contribution in [0.25, 0.3) is 6.08 Å². The van der Waals surface area contributed by atoms with Crippen molar-refractivity contribution in [2.24, 2.45) is 0 Å². The van der Waals surface area contributed by atoms with E-state index in [4.69, 9.17) is 5.11 Å². The Morgan fingerprint density at radius 3 is 2.82 bits per heavy atom. The van der Waals surface area contributed by atoms with Gasteiger partial charge in [-0.1, -0.05) is 15.9 Å². The topological polar surface area (TPSA) is 66.4 Å². The highest BCUT2D eigenvalue weighted by atomic mass is 79.9. The zero-order valence-electron chi connectivity index (χ0n) is 8.61. The van der Waals surface area contributed by atoms with Gasteiger partial charge in [-0.2, -0.15) is 0 Å². The van der Waals surface area contributed by atoms with E-state index in [0.717, 1.165) is 6.08 Å². The molecule has 0 fully saturated rings. The molecule has 0 saturated heterocycles. The van der Waals surface area contributed by atoms with E-state index in [1.807, 2.05) is 0 Å². The second-order valence-electron chi connectivity index (χ2n) is 3.11. The summed E-state index contributed by atoms with van der Waals surface area (Å²) in [7, 11) is 0. The van der Waals surface area contributed by atoms with Gasteiger partial charge in [-0.25, -0.2) is 4.39 Å². The molecular weight excluding hydrogens is 293 g/mol. The van der Waals surface area contributed by atoms with Crippen LogP contribution >= 0.6 is 15.9 Å². The first-order valence-corrected chi connectivity index (χ1v) is 5.41. The van der Waals surface area contributed by atoms with Crippen LogP contribution in [0.15, 0.2) is 28.7 Å². The number of benzene rings is 1. The van der Waals surface area contributed by atoms with Crippen LogP contribution in [0.4, 0.5) is 4.39 Å². The lowest BCUT2D eigenvalue weighted by Gasteiger charge is -1.98. The van der Waals surface area contributed by atoms with Gasteiger partial charge in [0.2, 0.25) is 5.91 Å². The zero-order chi connectivity index (χ0) is 12.8. The Morgan fingerprint density at radius 1 is 1.47 bits per heavy atom. The van der Waals surface area contributed by atoms with Crippen LogP contribution in [-0.2, 0) is 9.59 Å². The van der Waals surface area contributed by atoms with E-state index in [1.165, 1.54) is 24.3 Å². The molecule has 2 N–H and O–H groups in total. The van der Waals surface area contributed by atoms with Crippen molar-refractivity contribution in [3.05, 3.63) is 40.1 Å². The number of amides is 1. The van der Waals surface area contributed by atoms with E-state index in [-0.39, 0.29) is 5.56 Å². The highest BCUT2D eigenvalue weighted by Crippen LogP contribution is 2.16. The van der Waals surface area contributed by atoms with Crippen molar-refractivity contribution in [3.8, 4) is 0 Å². The number of aliphatic carboxylic acids is 1. The number of carbonyl (C=O) groups is 2. The average molecular weight is 302 g/mol. The van der Waals surface area contributed by atoms with Crippen molar-refractivity contribution in [1.82, 2.24) is 5.32 Å². The van der Waals surface area contributed by atoms with Gasteiger partial charge < -0.3 is 10.4 Å². The van der Waals surface area contributed by atoms with Crippen LogP contribution in [0, 0.1) is 5.82 Å². The maximum Gasteiger partial charge on any atom is 0.322 e. The number of hydrogen-bond donors (Lipinski definition) is 2. The summed E-state index contributed by atoms with van der Waals surface area (Å²) in [5.41, 5.74) is 0.241. The summed E-state index contributed by atoms with van der Waals surface area (Å²) < 4.78 is 13.9. The first-order valence-electron chi connectivity index (χ1n) is 4.62. The highest BCUT2D eigenvalue weighted by Gasteiger charge is 2.02. The Bertz CT molecular complexity index is 474. The van der Waals surface area contributed by atoms with Crippen LogP contribution < -0.4 is 5.32 Å². The number of hydrogen-bond acceptors (Lipinski definition) is 2.